The Morgan fingerprint density at radius 3 is 2.76 bits per heavy atom. The summed E-state index contributed by atoms with van der Waals surface area (Å²) in [4.78, 5) is 4.31. The number of benzene rings is 1. The Balaban J connectivity index is 2.12. The lowest BCUT2D eigenvalue weighted by molar-refractivity contribution is 0.333. The van der Waals surface area contributed by atoms with Crippen molar-refractivity contribution in [1.82, 2.24) is 4.90 Å². The minimum atomic E-state index is 0.181. The summed E-state index contributed by atoms with van der Waals surface area (Å²) in [6.07, 6.45) is 0. The Morgan fingerprint density at radius 1 is 1.41 bits per heavy atom. The van der Waals surface area contributed by atoms with Crippen LogP contribution in [0.3, 0.4) is 0 Å². The molecular formula is C13H20N4. The van der Waals surface area contributed by atoms with Crippen LogP contribution in [0.4, 0.5) is 5.69 Å². The molecule has 1 heterocycles. The number of nitrogens with zero attached hydrogens (tertiary/aromatic N) is 2. The second kappa shape index (κ2) is 4.65. The van der Waals surface area contributed by atoms with Gasteiger partial charge in [0.05, 0.1) is 0 Å². The zero-order valence-electron chi connectivity index (χ0n) is 10.5. The standard InChI is InChI=1S/C13H20N4/c1-10-4-3-5-12(8-10)17-7-6-16(13(14)15)9-11(17)2/h3-5,8,11H,6-7,9H2,1-2H3,(H3,14,15). The van der Waals surface area contributed by atoms with Crippen molar-refractivity contribution in [2.75, 3.05) is 24.5 Å². The molecule has 0 spiro atoms. The van der Waals surface area contributed by atoms with Crippen LogP contribution in [0.25, 0.3) is 0 Å². The lowest BCUT2D eigenvalue weighted by Gasteiger charge is -2.41. The summed E-state index contributed by atoms with van der Waals surface area (Å²) in [6.45, 7) is 6.86. The van der Waals surface area contributed by atoms with Gasteiger partial charge < -0.3 is 15.5 Å². The molecule has 92 valence electrons. The monoisotopic (exact) mass is 232 g/mol. The SMILES string of the molecule is Cc1cccc(N2CCN(C(=N)N)CC2C)c1. The summed E-state index contributed by atoms with van der Waals surface area (Å²) in [6, 6.07) is 8.94. The Bertz CT molecular complexity index is 416. The van der Waals surface area contributed by atoms with Gasteiger partial charge in [-0.2, -0.15) is 0 Å². The van der Waals surface area contributed by atoms with Crippen molar-refractivity contribution in [3.8, 4) is 0 Å². The largest absolute Gasteiger partial charge is 0.370 e. The molecule has 1 fully saturated rings. The average molecular weight is 232 g/mol. The van der Waals surface area contributed by atoms with E-state index in [9.17, 15) is 0 Å². The van der Waals surface area contributed by atoms with Crippen LogP contribution in [0, 0.1) is 12.3 Å². The summed E-state index contributed by atoms with van der Waals surface area (Å²) in [5, 5.41) is 7.47. The fraction of sp³-hybridized carbons (Fsp3) is 0.462. The highest BCUT2D eigenvalue weighted by molar-refractivity contribution is 5.75. The highest BCUT2D eigenvalue weighted by atomic mass is 15.3. The number of anilines is 1. The number of nitrogens with one attached hydrogen (secondary N) is 1. The van der Waals surface area contributed by atoms with Crippen molar-refractivity contribution >= 4 is 11.6 Å². The third kappa shape index (κ3) is 2.52. The van der Waals surface area contributed by atoms with Crippen molar-refractivity contribution in [3.63, 3.8) is 0 Å². The molecule has 0 radical (unpaired) electrons. The third-order valence-corrected chi connectivity index (χ3v) is 3.30. The molecule has 2 rings (SSSR count). The molecule has 1 unspecified atom stereocenters. The van der Waals surface area contributed by atoms with E-state index in [4.69, 9.17) is 11.1 Å². The van der Waals surface area contributed by atoms with Gasteiger partial charge in [0.1, 0.15) is 0 Å². The molecule has 0 aliphatic carbocycles. The van der Waals surface area contributed by atoms with Gasteiger partial charge in [0.15, 0.2) is 5.96 Å². The molecule has 17 heavy (non-hydrogen) atoms. The predicted octanol–water partition coefficient (Wildman–Crippen LogP) is 1.40. The van der Waals surface area contributed by atoms with Gasteiger partial charge in [0.2, 0.25) is 0 Å². The zero-order valence-corrected chi connectivity index (χ0v) is 10.5. The van der Waals surface area contributed by atoms with Gasteiger partial charge >= 0.3 is 0 Å². The first-order chi connectivity index (χ1) is 8.08. The van der Waals surface area contributed by atoms with E-state index in [0.29, 0.717) is 6.04 Å². The Kier molecular flexibility index (Phi) is 3.22. The first-order valence-electron chi connectivity index (χ1n) is 6.00. The fourth-order valence-electron chi connectivity index (χ4n) is 2.37. The van der Waals surface area contributed by atoms with E-state index in [0.717, 1.165) is 19.6 Å². The van der Waals surface area contributed by atoms with Crippen molar-refractivity contribution < 1.29 is 0 Å². The molecule has 4 heteroatoms. The van der Waals surface area contributed by atoms with Gasteiger partial charge in [-0.1, -0.05) is 12.1 Å². The first-order valence-corrected chi connectivity index (χ1v) is 6.00. The number of hydrogen-bond acceptors (Lipinski definition) is 2. The van der Waals surface area contributed by atoms with Crippen LogP contribution in [0.5, 0.6) is 0 Å². The first kappa shape index (κ1) is 11.8. The van der Waals surface area contributed by atoms with Gasteiger partial charge in [0, 0.05) is 31.4 Å². The molecule has 0 saturated carbocycles. The third-order valence-electron chi connectivity index (χ3n) is 3.30. The molecule has 1 atom stereocenters. The van der Waals surface area contributed by atoms with Gasteiger partial charge in [-0.15, -0.1) is 0 Å². The molecule has 1 aliphatic rings. The van der Waals surface area contributed by atoms with Crippen LogP contribution >= 0.6 is 0 Å². The zero-order chi connectivity index (χ0) is 12.4. The van der Waals surface area contributed by atoms with Crippen LogP contribution in [0.15, 0.2) is 24.3 Å². The molecule has 1 aromatic rings. The second-order valence-electron chi connectivity index (χ2n) is 4.71. The van der Waals surface area contributed by atoms with Gasteiger partial charge in [-0.25, -0.2) is 0 Å². The lowest BCUT2D eigenvalue weighted by Crippen LogP contribution is -2.55. The summed E-state index contributed by atoms with van der Waals surface area (Å²) in [5.41, 5.74) is 8.07. The maximum absolute atomic E-state index is 7.47. The summed E-state index contributed by atoms with van der Waals surface area (Å²) < 4.78 is 0. The van der Waals surface area contributed by atoms with E-state index in [1.165, 1.54) is 11.3 Å². The van der Waals surface area contributed by atoms with Gasteiger partial charge in [0.25, 0.3) is 0 Å². The second-order valence-corrected chi connectivity index (χ2v) is 4.71. The smallest absolute Gasteiger partial charge is 0.188 e. The average Bonchev–Trinajstić information content (AvgIpc) is 2.28. The molecule has 1 aromatic carbocycles. The number of nitrogens with two attached hydrogens (primary N) is 1. The number of rotatable bonds is 1. The highest BCUT2D eigenvalue weighted by Crippen LogP contribution is 2.21. The van der Waals surface area contributed by atoms with E-state index in [2.05, 4.69) is 43.0 Å². The van der Waals surface area contributed by atoms with E-state index >= 15 is 0 Å². The fourth-order valence-corrected chi connectivity index (χ4v) is 2.37. The minimum Gasteiger partial charge on any atom is -0.370 e. The van der Waals surface area contributed by atoms with E-state index in [1.807, 2.05) is 4.90 Å². The quantitative estimate of drug-likeness (QED) is 0.568. The van der Waals surface area contributed by atoms with E-state index < -0.39 is 0 Å². The van der Waals surface area contributed by atoms with Gasteiger partial charge in [-0.3, -0.25) is 5.41 Å². The topological polar surface area (TPSA) is 56.4 Å². The van der Waals surface area contributed by atoms with Gasteiger partial charge in [-0.05, 0) is 31.5 Å². The number of hydrogen-bond donors (Lipinski definition) is 2. The van der Waals surface area contributed by atoms with Crippen molar-refractivity contribution in [2.24, 2.45) is 5.73 Å². The molecule has 4 nitrogen and oxygen atoms in total. The minimum absolute atomic E-state index is 0.181. The maximum atomic E-state index is 7.47. The summed E-state index contributed by atoms with van der Waals surface area (Å²) >= 11 is 0. The number of guanidine groups is 1. The Morgan fingerprint density at radius 2 is 2.18 bits per heavy atom. The molecule has 0 amide bonds. The van der Waals surface area contributed by atoms with Crippen molar-refractivity contribution in [1.29, 1.82) is 5.41 Å². The van der Waals surface area contributed by atoms with Crippen LogP contribution < -0.4 is 10.6 Å². The number of piperazine rings is 1. The van der Waals surface area contributed by atoms with Crippen molar-refractivity contribution in [2.45, 2.75) is 19.9 Å². The van der Waals surface area contributed by atoms with E-state index in [-0.39, 0.29) is 5.96 Å². The molecule has 3 N–H and O–H groups in total. The van der Waals surface area contributed by atoms with E-state index in [1.54, 1.807) is 0 Å². The molecule has 0 bridgehead atoms. The van der Waals surface area contributed by atoms with Crippen molar-refractivity contribution in [3.05, 3.63) is 29.8 Å². The maximum Gasteiger partial charge on any atom is 0.188 e. The molecular weight excluding hydrogens is 212 g/mol. The van der Waals surface area contributed by atoms with Crippen LogP contribution in [0.2, 0.25) is 0 Å². The predicted molar refractivity (Wildman–Crippen MR) is 71.5 cm³/mol. The lowest BCUT2D eigenvalue weighted by atomic mass is 10.1. The molecule has 1 saturated heterocycles. The summed E-state index contributed by atoms with van der Waals surface area (Å²) in [5.74, 6) is 0.181. The summed E-state index contributed by atoms with van der Waals surface area (Å²) in [7, 11) is 0. The Labute approximate surface area is 103 Å². The van der Waals surface area contributed by atoms with Crippen LogP contribution in [-0.2, 0) is 0 Å². The normalized spacial score (nSPS) is 20.5. The van der Waals surface area contributed by atoms with Crippen LogP contribution in [-0.4, -0.2) is 36.5 Å². The molecule has 0 aromatic heterocycles. The molecule has 1 aliphatic heterocycles. The van der Waals surface area contributed by atoms with Crippen LogP contribution in [0.1, 0.15) is 12.5 Å². The Hall–Kier alpha value is -1.71. The number of aryl methyl sites for hydroxylation is 1. The highest BCUT2D eigenvalue weighted by Gasteiger charge is 2.24.